The molecule has 0 atom stereocenters. The van der Waals surface area contributed by atoms with Crippen molar-refractivity contribution >= 4 is 0 Å². The van der Waals surface area contributed by atoms with Gasteiger partial charge in [0.1, 0.15) is 0 Å². The Morgan fingerprint density at radius 1 is 0.485 bits per heavy atom. The van der Waals surface area contributed by atoms with Crippen molar-refractivity contribution in [1.29, 1.82) is 0 Å². The van der Waals surface area contributed by atoms with Gasteiger partial charge in [-0.3, -0.25) is 0 Å². The summed E-state index contributed by atoms with van der Waals surface area (Å²) in [6, 6.07) is 30.8. The molecule has 0 aromatic heterocycles. The Labute approximate surface area is 206 Å². The van der Waals surface area contributed by atoms with Gasteiger partial charge in [-0.2, -0.15) is 0 Å². The molecule has 0 fully saturated rings. The molecule has 0 spiro atoms. The zero-order chi connectivity index (χ0) is 25.0. The molecule has 0 aliphatic heterocycles. The van der Waals surface area contributed by atoms with Crippen LogP contribution in [-0.4, -0.2) is 0 Å². The van der Waals surface area contributed by atoms with Gasteiger partial charge in [0, 0.05) is 0 Å². The molecule has 3 aromatic rings. The Morgan fingerprint density at radius 3 is 0.818 bits per heavy atom. The number of benzene rings is 3. The molecule has 0 heterocycles. The van der Waals surface area contributed by atoms with Gasteiger partial charge in [0.2, 0.25) is 0 Å². The highest BCUT2D eigenvalue weighted by Gasteiger charge is 1.74. The summed E-state index contributed by atoms with van der Waals surface area (Å²) in [7, 11) is 0. The maximum Gasteiger partial charge on any atom is -0.0354 e. The minimum Gasteiger partial charge on any atom is -0.103 e. The van der Waals surface area contributed by atoms with E-state index in [4.69, 9.17) is 0 Å². The zero-order valence-electron chi connectivity index (χ0n) is 22.0. The summed E-state index contributed by atoms with van der Waals surface area (Å²) < 4.78 is 0. The van der Waals surface area contributed by atoms with Gasteiger partial charge < -0.3 is 0 Å². The third kappa shape index (κ3) is 29.1. The minimum absolute atomic E-state index is 1.18. The topological polar surface area (TPSA) is 0 Å². The summed E-state index contributed by atoms with van der Waals surface area (Å²) in [5.41, 5.74) is 3.97. The van der Waals surface area contributed by atoms with Crippen molar-refractivity contribution in [2.75, 3.05) is 0 Å². The average Bonchev–Trinajstić information content (AvgIpc) is 2.84. The quantitative estimate of drug-likeness (QED) is 0.262. The molecule has 180 valence electrons. The van der Waals surface area contributed by atoms with Gasteiger partial charge in [-0.1, -0.05) is 159 Å². The van der Waals surface area contributed by atoms with Crippen LogP contribution in [0, 0.1) is 20.8 Å². The Morgan fingerprint density at radius 2 is 0.727 bits per heavy atom. The van der Waals surface area contributed by atoms with Gasteiger partial charge in [-0.05, 0) is 33.6 Å². The first-order valence-corrected chi connectivity index (χ1v) is 12.3. The van der Waals surface area contributed by atoms with E-state index in [-0.39, 0.29) is 0 Å². The number of allylic oxidation sites excluding steroid dienone is 2. The van der Waals surface area contributed by atoms with Crippen molar-refractivity contribution in [3.05, 3.63) is 133 Å². The SMILES string of the molecule is C=CCCCC.C=CCCCC.Cc1ccccc1.Cc1ccccc1.Cc1ccccc1. The monoisotopic (exact) mass is 444 g/mol. The third-order valence-corrected chi connectivity index (χ3v) is 4.34. The first-order valence-electron chi connectivity index (χ1n) is 12.3. The normalized spacial score (nSPS) is 8.52. The molecule has 33 heavy (non-hydrogen) atoms. The number of hydrogen-bond donors (Lipinski definition) is 0. The molecule has 0 bridgehead atoms. The first-order chi connectivity index (χ1) is 16.0. The lowest BCUT2D eigenvalue weighted by molar-refractivity contribution is 0.816. The van der Waals surface area contributed by atoms with Crippen molar-refractivity contribution in [3.8, 4) is 0 Å². The van der Waals surface area contributed by atoms with Crippen LogP contribution in [0.15, 0.2) is 116 Å². The van der Waals surface area contributed by atoms with E-state index in [2.05, 4.69) is 84.2 Å². The van der Waals surface area contributed by atoms with E-state index in [1.165, 1.54) is 55.2 Å². The maximum atomic E-state index is 3.60. The smallest absolute Gasteiger partial charge is 0.0354 e. The van der Waals surface area contributed by atoms with E-state index in [1.54, 1.807) is 0 Å². The standard InChI is InChI=1S/3C7H8.2C6H12/c3*1-7-5-3-2-4-6-7;2*1-3-5-6-4-2/h3*2-6H,1H3;2*3H,1,4-6H2,2H3. The van der Waals surface area contributed by atoms with Crippen LogP contribution in [0.1, 0.15) is 69.1 Å². The molecule has 0 nitrogen and oxygen atoms in total. The number of rotatable bonds is 6. The molecular weight excluding hydrogens is 396 g/mol. The fraction of sp³-hybridized carbons (Fsp3) is 0.333. The summed E-state index contributed by atoms with van der Waals surface area (Å²) in [4.78, 5) is 0. The summed E-state index contributed by atoms with van der Waals surface area (Å²) in [6.45, 7) is 17.8. The van der Waals surface area contributed by atoms with E-state index in [9.17, 15) is 0 Å². The minimum atomic E-state index is 1.18. The van der Waals surface area contributed by atoms with Gasteiger partial charge in [-0.15, -0.1) is 13.2 Å². The second kappa shape index (κ2) is 27.2. The molecular formula is C33H48. The average molecular weight is 445 g/mol. The van der Waals surface area contributed by atoms with Crippen molar-refractivity contribution < 1.29 is 0 Å². The van der Waals surface area contributed by atoms with Crippen molar-refractivity contribution in [3.63, 3.8) is 0 Å². The lowest BCUT2D eigenvalue weighted by atomic mass is 10.2. The third-order valence-electron chi connectivity index (χ3n) is 4.34. The second-order valence-electron chi connectivity index (χ2n) is 7.83. The van der Waals surface area contributed by atoms with Gasteiger partial charge in [0.25, 0.3) is 0 Å². The van der Waals surface area contributed by atoms with E-state index >= 15 is 0 Å². The molecule has 0 saturated carbocycles. The number of aryl methyl sites for hydroxylation is 3. The molecule has 0 aliphatic carbocycles. The predicted molar refractivity (Wildman–Crippen MR) is 153 cm³/mol. The van der Waals surface area contributed by atoms with Crippen LogP contribution in [0.25, 0.3) is 0 Å². The molecule has 0 radical (unpaired) electrons. The molecule has 0 saturated heterocycles. The van der Waals surface area contributed by atoms with E-state index in [1.807, 2.05) is 66.7 Å². The van der Waals surface area contributed by atoms with Crippen LogP contribution < -0.4 is 0 Å². The summed E-state index contributed by atoms with van der Waals surface area (Å²) >= 11 is 0. The van der Waals surface area contributed by atoms with Crippen LogP contribution in [0.2, 0.25) is 0 Å². The lowest BCUT2D eigenvalue weighted by Crippen LogP contribution is -1.62. The maximum absolute atomic E-state index is 3.60. The predicted octanol–water partition coefficient (Wildman–Crippen LogP) is 10.7. The van der Waals surface area contributed by atoms with Gasteiger partial charge in [-0.25, -0.2) is 0 Å². The van der Waals surface area contributed by atoms with Crippen LogP contribution in [0.3, 0.4) is 0 Å². The number of hydrogen-bond acceptors (Lipinski definition) is 0. The Balaban J connectivity index is 0. The highest BCUT2D eigenvalue weighted by molar-refractivity contribution is 5.13. The fourth-order valence-corrected chi connectivity index (χ4v) is 2.30. The lowest BCUT2D eigenvalue weighted by Gasteiger charge is -1.82. The second-order valence-corrected chi connectivity index (χ2v) is 7.83. The molecule has 0 N–H and O–H groups in total. The Kier molecular flexibility index (Phi) is 26.6. The van der Waals surface area contributed by atoms with E-state index in [0.717, 1.165) is 0 Å². The number of unbranched alkanes of at least 4 members (excludes halogenated alkanes) is 4. The molecule has 0 unspecified atom stereocenters. The van der Waals surface area contributed by atoms with Crippen LogP contribution in [0.4, 0.5) is 0 Å². The van der Waals surface area contributed by atoms with Crippen molar-refractivity contribution in [1.82, 2.24) is 0 Å². The van der Waals surface area contributed by atoms with Crippen LogP contribution in [0.5, 0.6) is 0 Å². The fourth-order valence-electron chi connectivity index (χ4n) is 2.30. The molecule has 0 heteroatoms. The summed E-state index contributed by atoms with van der Waals surface area (Å²) in [6.07, 6.45) is 11.4. The molecule has 0 aliphatic rings. The Hall–Kier alpha value is -2.86. The summed E-state index contributed by atoms with van der Waals surface area (Å²) in [5.74, 6) is 0. The highest BCUT2D eigenvalue weighted by atomic mass is 13.8. The zero-order valence-corrected chi connectivity index (χ0v) is 22.0. The van der Waals surface area contributed by atoms with E-state index in [0.29, 0.717) is 0 Å². The van der Waals surface area contributed by atoms with Crippen molar-refractivity contribution in [2.45, 2.75) is 73.1 Å². The highest BCUT2D eigenvalue weighted by Crippen LogP contribution is 1.94. The molecule has 3 aromatic carbocycles. The molecule has 0 amide bonds. The van der Waals surface area contributed by atoms with Gasteiger partial charge >= 0.3 is 0 Å². The van der Waals surface area contributed by atoms with Gasteiger partial charge in [0.15, 0.2) is 0 Å². The Bertz CT molecular complexity index is 641. The molecule has 3 rings (SSSR count). The van der Waals surface area contributed by atoms with Crippen LogP contribution >= 0.6 is 0 Å². The first kappa shape index (κ1) is 32.3. The van der Waals surface area contributed by atoms with Crippen molar-refractivity contribution in [2.24, 2.45) is 0 Å². The van der Waals surface area contributed by atoms with Gasteiger partial charge in [0.05, 0.1) is 0 Å². The van der Waals surface area contributed by atoms with Crippen LogP contribution in [-0.2, 0) is 0 Å². The van der Waals surface area contributed by atoms with E-state index < -0.39 is 0 Å². The summed E-state index contributed by atoms with van der Waals surface area (Å²) in [5, 5.41) is 0. The largest absolute Gasteiger partial charge is 0.103 e.